The van der Waals surface area contributed by atoms with Crippen LogP contribution in [0.5, 0.6) is 0 Å². The Morgan fingerprint density at radius 2 is 2.38 bits per heavy atom. The first kappa shape index (κ1) is 17.8. The molecule has 0 fully saturated rings. The minimum atomic E-state index is -0.579. The third-order valence-corrected chi connectivity index (χ3v) is 3.86. The Morgan fingerprint density at radius 1 is 1.62 bits per heavy atom. The number of azide groups is 1. The van der Waals surface area contributed by atoms with Crippen LogP contribution in [0.3, 0.4) is 0 Å². The lowest BCUT2D eigenvalue weighted by Crippen LogP contribution is -2.31. The van der Waals surface area contributed by atoms with Crippen LogP contribution < -0.4 is 5.32 Å². The Kier molecular flexibility index (Phi) is 8.15. The summed E-state index contributed by atoms with van der Waals surface area (Å²) in [7, 11) is 0. The van der Waals surface area contributed by atoms with Gasteiger partial charge in [0, 0.05) is 15.9 Å². The van der Waals surface area contributed by atoms with Gasteiger partial charge in [0.05, 0.1) is 11.6 Å². The molecule has 1 N–H and O–H groups in total. The Hall–Kier alpha value is -1.27. The summed E-state index contributed by atoms with van der Waals surface area (Å²) in [5, 5.41) is 7.13. The average Bonchev–Trinajstić information content (AvgIpc) is 2.46. The van der Waals surface area contributed by atoms with Gasteiger partial charge in [0.1, 0.15) is 6.04 Å². The van der Waals surface area contributed by atoms with E-state index in [4.69, 9.17) is 21.9 Å². The molecule has 0 saturated heterocycles. The SMILES string of the molecule is CCOC(=O)C(NCCCN=[N+]=[N-])c1ccc(Cl)c(Br)c1. The molecule has 8 heteroatoms. The van der Waals surface area contributed by atoms with Gasteiger partial charge < -0.3 is 10.1 Å². The summed E-state index contributed by atoms with van der Waals surface area (Å²) in [5.74, 6) is -0.351. The number of esters is 1. The molecule has 0 heterocycles. The zero-order valence-corrected chi connectivity index (χ0v) is 13.9. The summed E-state index contributed by atoms with van der Waals surface area (Å²) in [6, 6.07) is 4.69. The number of rotatable bonds is 8. The highest BCUT2D eigenvalue weighted by atomic mass is 79.9. The number of hydrogen-bond donors (Lipinski definition) is 1. The van der Waals surface area contributed by atoms with Crippen molar-refractivity contribution in [1.82, 2.24) is 5.32 Å². The molecular weight excluding hydrogens is 360 g/mol. The number of nitrogens with one attached hydrogen (secondary N) is 1. The van der Waals surface area contributed by atoms with E-state index in [0.717, 1.165) is 5.56 Å². The number of ether oxygens (including phenoxy) is 1. The van der Waals surface area contributed by atoms with Crippen LogP contribution in [-0.4, -0.2) is 25.7 Å². The van der Waals surface area contributed by atoms with Crippen LogP contribution in [0.15, 0.2) is 27.8 Å². The van der Waals surface area contributed by atoms with Gasteiger partial charge in [-0.15, -0.1) is 0 Å². The van der Waals surface area contributed by atoms with Crippen molar-refractivity contribution in [2.75, 3.05) is 19.7 Å². The van der Waals surface area contributed by atoms with Gasteiger partial charge in [-0.3, -0.25) is 0 Å². The normalized spacial score (nSPS) is 11.6. The van der Waals surface area contributed by atoms with E-state index in [-0.39, 0.29) is 5.97 Å². The quantitative estimate of drug-likeness (QED) is 0.245. The Labute approximate surface area is 136 Å². The van der Waals surface area contributed by atoms with E-state index in [9.17, 15) is 4.79 Å². The number of nitrogens with zero attached hydrogens (tertiary/aromatic N) is 3. The topological polar surface area (TPSA) is 87.1 Å². The molecule has 0 saturated carbocycles. The summed E-state index contributed by atoms with van der Waals surface area (Å²) < 4.78 is 5.79. The number of halogens is 2. The number of hydrogen-bond acceptors (Lipinski definition) is 4. The fourth-order valence-corrected chi connectivity index (χ4v) is 2.21. The summed E-state index contributed by atoms with van der Waals surface area (Å²) >= 11 is 9.30. The minimum absolute atomic E-state index is 0.310. The Bertz CT molecular complexity index is 535. The third kappa shape index (κ3) is 5.93. The molecule has 0 aromatic heterocycles. The molecule has 0 spiro atoms. The van der Waals surface area contributed by atoms with Crippen LogP contribution in [0.4, 0.5) is 0 Å². The van der Waals surface area contributed by atoms with Crippen LogP contribution in [0, 0.1) is 0 Å². The van der Waals surface area contributed by atoms with E-state index in [1.807, 2.05) is 0 Å². The predicted molar refractivity (Wildman–Crippen MR) is 85.2 cm³/mol. The molecule has 1 rings (SSSR count). The van der Waals surface area contributed by atoms with Crippen LogP contribution in [0.25, 0.3) is 10.4 Å². The highest BCUT2D eigenvalue weighted by Gasteiger charge is 2.21. The summed E-state index contributed by atoms with van der Waals surface area (Å²) in [4.78, 5) is 14.7. The fraction of sp³-hybridized carbons (Fsp3) is 0.462. The highest BCUT2D eigenvalue weighted by molar-refractivity contribution is 9.10. The molecule has 0 aliphatic carbocycles. The summed E-state index contributed by atoms with van der Waals surface area (Å²) in [5.41, 5.74) is 8.97. The second-order valence-electron chi connectivity index (χ2n) is 4.12. The molecule has 6 nitrogen and oxygen atoms in total. The molecule has 1 unspecified atom stereocenters. The van der Waals surface area contributed by atoms with E-state index in [1.54, 1.807) is 25.1 Å². The molecule has 21 heavy (non-hydrogen) atoms. The Balaban J connectivity index is 2.78. The average molecular weight is 376 g/mol. The lowest BCUT2D eigenvalue weighted by molar-refractivity contribution is -0.145. The van der Waals surface area contributed by atoms with E-state index in [0.29, 0.717) is 35.6 Å². The molecule has 0 aliphatic rings. The van der Waals surface area contributed by atoms with Crippen molar-refractivity contribution in [3.63, 3.8) is 0 Å². The number of carbonyl (C=O) groups excluding carboxylic acids is 1. The van der Waals surface area contributed by atoms with Crippen LogP contribution in [-0.2, 0) is 9.53 Å². The minimum Gasteiger partial charge on any atom is -0.465 e. The van der Waals surface area contributed by atoms with E-state index in [2.05, 4.69) is 31.3 Å². The lowest BCUT2D eigenvalue weighted by atomic mass is 10.1. The molecule has 1 aromatic carbocycles. The first-order valence-corrected chi connectivity index (χ1v) is 7.63. The van der Waals surface area contributed by atoms with Gasteiger partial charge in [0.15, 0.2) is 0 Å². The maximum atomic E-state index is 12.0. The lowest BCUT2D eigenvalue weighted by Gasteiger charge is -2.18. The first-order valence-electron chi connectivity index (χ1n) is 6.46. The maximum Gasteiger partial charge on any atom is 0.327 e. The largest absolute Gasteiger partial charge is 0.465 e. The van der Waals surface area contributed by atoms with Gasteiger partial charge >= 0.3 is 5.97 Å². The molecule has 114 valence electrons. The first-order chi connectivity index (χ1) is 10.1. The monoisotopic (exact) mass is 374 g/mol. The molecule has 0 radical (unpaired) electrons. The van der Waals surface area contributed by atoms with E-state index in [1.165, 1.54) is 0 Å². The molecule has 0 aliphatic heterocycles. The van der Waals surface area contributed by atoms with Crippen molar-refractivity contribution in [3.05, 3.63) is 43.7 Å². The van der Waals surface area contributed by atoms with Crippen LogP contribution >= 0.6 is 27.5 Å². The van der Waals surface area contributed by atoms with Crippen molar-refractivity contribution in [3.8, 4) is 0 Å². The second kappa shape index (κ2) is 9.63. The molecule has 1 atom stereocenters. The molecule has 0 bridgehead atoms. The summed E-state index contributed by atoms with van der Waals surface area (Å²) in [6.45, 7) is 2.98. The number of benzene rings is 1. The Morgan fingerprint density at radius 3 is 3.00 bits per heavy atom. The second-order valence-corrected chi connectivity index (χ2v) is 5.38. The fourth-order valence-electron chi connectivity index (χ4n) is 1.70. The molecule has 1 aromatic rings. The number of carbonyl (C=O) groups is 1. The summed E-state index contributed by atoms with van der Waals surface area (Å²) in [6.07, 6.45) is 0.634. The van der Waals surface area contributed by atoms with Gasteiger partial charge in [-0.05, 0) is 59.0 Å². The zero-order valence-electron chi connectivity index (χ0n) is 11.6. The van der Waals surface area contributed by atoms with Crippen molar-refractivity contribution < 1.29 is 9.53 Å². The third-order valence-electron chi connectivity index (χ3n) is 2.65. The van der Waals surface area contributed by atoms with Crippen molar-refractivity contribution in [2.24, 2.45) is 5.11 Å². The zero-order chi connectivity index (χ0) is 15.7. The van der Waals surface area contributed by atoms with Crippen molar-refractivity contribution in [2.45, 2.75) is 19.4 Å². The van der Waals surface area contributed by atoms with Crippen LogP contribution in [0.1, 0.15) is 24.9 Å². The molecule has 0 amide bonds. The van der Waals surface area contributed by atoms with Gasteiger partial charge in [0.2, 0.25) is 0 Å². The van der Waals surface area contributed by atoms with E-state index < -0.39 is 6.04 Å². The molecular formula is C13H16BrClN4O2. The van der Waals surface area contributed by atoms with Gasteiger partial charge in [-0.25, -0.2) is 4.79 Å². The maximum absolute atomic E-state index is 12.0. The van der Waals surface area contributed by atoms with Crippen LogP contribution in [0.2, 0.25) is 5.02 Å². The van der Waals surface area contributed by atoms with Crippen molar-refractivity contribution >= 4 is 33.5 Å². The highest BCUT2D eigenvalue weighted by Crippen LogP contribution is 2.26. The standard InChI is InChI=1S/C13H16BrClN4O2/c1-2-21-13(20)12(17-6-3-7-18-19-16)9-4-5-11(15)10(14)8-9/h4-5,8,12,17H,2-3,6-7H2,1H3. The van der Waals surface area contributed by atoms with Crippen molar-refractivity contribution in [1.29, 1.82) is 0 Å². The smallest absolute Gasteiger partial charge is 0.327 e. The van der Waals surface area contributed by atoms with Gasteiger partial charge in [0.25, 0.3) is 0 Å². The van der Waals surface area contributed by atoms with Gasteiger partial charge in [-0.2, -0.15) is 0 Å². The van der Waals surface area contributed by atoms with Gasteiger partial charge in [-0.1, -0.05) is 22.8 Å². The predicted octanol–water partition coefficient (Wildman–Crippen LogP) is 4.00. The van der Waals surface area contributed by atoms with E-state index >= 15 is 0 Å².